The fourth-order valence-electron chi connectivity index (χ4n) is 3.02. The van der Waals surface area contributed by atoms with E-state index in [1.54, 1.807) is 12.1 Å². The second kappa shape index (κ2) is 9.86. The first-order valence-corrected chi connectivity index (χ1v) is 12.6. The molecule has 176 valence electrons. The van der Waals surface area contributed by atoms with E-state index in [1.807, 2.05) is 18.2 Å². The smallest absolute Gasteiger partial charge is 0.387 e. The number of hydrogen-bond donors (Lipinski definition) is 1. The minimum Gasteiger partial charge on any atom is -0.435 e. The van der Waals surface area contributed by atoms with E-state index in [1.165, 1.54) is 56.6 Å². The zero-order valence-corrected chi connectivity index (χ0v) is 19.4. The third kappa shape index (κ3) is 6.06. The highest BCUT2D eigenvalue weighted by molar-refractivity contribution is 7.92. The first-order valence-electron chi connectivity index (χ1n) is 9.66. The van der Waals surface area contributed by atoms with Crippen molar-refractivity contribution in [1.82, 2.24) is 4.31 Å². The van der Waals surface area contributed by atoms with Crippen LogP contribution < -0.4 is 9.46 Å². The van der Waals surface area contributed by atoms with Crippen molar-refractivity contribution in [3.63, 3.8) is 0 Å². The molecule has 0 radical (unpaired) electrons. The molecular weight excluding hydrogens is 474 g/mol. The van der Waals surface area contributed by atoms with E-state index in [0.29, 0.717) is 5.56 Å². The molecule has 1 N–H and O–H groups in total. The van der Waals surface area contributed by atoms with Crippen LogP contribution in [0.2, 0.25) is 0 Å². The molecule has 0 bridgehead atoms. The van der Waals surface area contributed by atoms with Crippen LogP contribution in [0.4, 0.5) is 14.5 Å². The summed E-state index contributed by atoms with van der Waals surface area (Å²) in [6.07, 6.45) is 0.246. The number of benzene rings is 3. The maximum absolute atomic E-state index is 12.8. The molecule has 3 aromatic rings. The molecule has 0 spiro atoms. The summed E-state index contributed by atoms with van der Waals surface area (Å²) in [7, 11) is -5.03. The number of ether oxygens (including phenoxy) is 1. The van der Waals surface area contributed by atoms with Crippen molar-refractivity contribution in [2.75, 3.05) is 18.8 Å². The standard InChI is InChI=1S/C22H22F2N2O5S2/c1-26(2)33(29,30)20-11-9-19(10-12-20)32(27,28)25-18-8-13-21(31-22(23)24)17(15-18)14-16-6-4-3-5-7-16/h3-13,15,22,25H,14H2,1-2H3. The quantitative estimate of drug-likeness (QED) is 0.485. The topological polar surface area (TPSA) is 92.8 Å². The van der Waals surface area contributed by atoms with Crippen molar-refractivity contribution < 1.29 is 30.4 Å². The third-order valence-corrected chi connectivity index (χ3v) is 7.91. The predicted octanol–water partition coefficient (Wildman–Crippen LogP) is 3.93. The van der Waals surface area contributed by atoms with Gasteiger partial charge in [0, 0.05) is 31.8 Å². The van der Waals surface area contributed by atoms with Gasteiger partial charge in [-0.05, 0) is 48.0 Å². The highest BCUT2D eigenvalue weighted by atomic mass is 32.2. The Labute approximate surface area is 191 Å². The number of sulfonamides is 2. The van der Waals surface area contributed by atoms with Crippen LogP contribution >= 0.6 is 0 Å². The van der Waals surface area contributed by atoms with Crippen LogP contribution in [0.25, 0.3) is 0 Å². The van der Waals surface area contributed by atoms with Crippen LogP contribution in [-0.4, -0.2) is 41.8 Å². The van der Waals surface area contributed by atoms with Gasteiger partial charge in [0.15, 0.2) is 0 Å². The normalized spacial score (nSPS) is 12.2. The predicted molar refractivity (Wildman–Crippen MR) is 120 cm³/mol. The van der Waals surface area contributed by atoms with Crippen molar-refractivity contribution >= 4 is 25.7 Å². The number of anilines is 1. The fraction of sp³-hybridized carbons (Fsp3) is 0.182. The van der Waals surface area contributed by atoms with E-state index in [2.05, 4.69) is 9.46 Å². The number of nitrogens with zero attached hydrogens (tertiary/aromatic N) is 1. The van der Waals surface area contributed by atoms with Crippen LogP contribution in [0.1, 0.15) is 11.1 Å². The maximum Gasteiger partial charge on any atom is 0.387 e. The lowest BCUT2D eigenvalue weighted by molar-refractivity contribution is -0.0503. The maximum atomic E-state index is 12.8. The number of alkyl halides is 2. The monoisotopic (exact) mass is 496 g/mol. The molecule has 0 fully saturated rings. The Balaban J connectivity index is 1.89. The first-order chi connectivity index (χ1) is 15.5. The van der Waals surface area contributed by atoms with Crippen LogP contribution in [0.3, 0.4) is 0 Å². The number of nitrogens with one attached hydrogen (secondary N) is 1. The molecule has 0 heterocycles. The van der Waals surface area contributed by atoms with Crippen LogP contribution in [0.15, 0.2) is 82.6 Å². The summed E-state index contributed by atoms with van der Waals surface area (Å²) >= 11 is 0. The Morgan fingerprint density at radius 1 is 0.879 bits per heavy atom. The average molecular weight is 497 g/mol. The Kier molecular flexibility index (Phi) is 7.35. The summed E-state index contributed by atoms with van der Waals surface area (Å²) in [4.78, 5) is -0.206. The van der Waals surface area contributed by atoms with Crippen molar-refractivity contribution in [3.8, 4) is 5.75 Å². The van der Waals surface area contributed by atoms with Gasteiger partial charge in [-0.2, -0.15) is 8.78 Å². The largest absolute Gasteiger partial charge is 0.435 e. The molecule has 0 aliphatic carbocycles. The molecule has 0 aliphatic rings. The van der Waals surface area contributed by atoms with Crippen molar-refractivity contribution in [2.24, 2.45) is 0 Å². The second-order valence-electron chi connectivity index (χ2n) is 7.23. The van der Waals surface area contributed by atoms with E-state index >= 15 is 0 Å². The van der Waals surface area contributed by atoms with Crippen molar-refractivity contribution in [1.29, 1.82) is 0 Å². The molecule has 3 rings (SSSR count). The lowest BCUT2D eigenvalue weighted by Gasteiger charge is -2.15. The van der Waals surface area contributed by atoms with E-state index < -0.39 is 26.7 Å². The molecule has 0 saturated carbocycles. The van der Waals surface area contributed by atoms with Crippen molar-refractivity contribution in [2.45, 2.75) is 22.8 Å². The highest BCUT2D eigenvalue weighted by Crippen LogP contribution is 2.28. The second-order valence-corrected chi connectivity index (χ2v) is 11.1. The van der Waals surface area contributed by atoms with Crippen LogP contribution in [0.5, 0.6) is 5.75 Å². The van der Waals surface area contributed by atoms with Gasteiger partial charge in [-0.3, -0.25) is 4.72 Å². The molecule has 0 aromatic heterocycles. The van der Waals surface area contributed by atoms with Crippen LogP contribution in [0, 0.1) is 0 Å². The van der Waals surface area contributed by atoms with Gasteiger partial charge < -0.3 is 4.74 Å². The molecule has 11 heteroatoms. The third-order valence-electron chi connectivity index (χ3n) is 4.68. The first kappa shape index (κ1) is 24.6. The lowest BCUT2D eigenvalue weighted by Crippen LogP contribution is -2.22. The van der Waals surface area contributed by atoms with Gasteiger partial charge in [0.1, 0.15) is 5.75 Å². The summed E-state index contributed by atoms with van der Waals surface area (Å²) in [6.45, 7) is -3.03. The summed E-state index contributed by atoms with van der Waals surface area (Å²) in [5, 5.41) is 0. The Morgan fingerprint density at radius 2 is 1.48 bits per heavy atom. The number of hydrogen-bond acceptors (Lipinski definition) is 5. The van der Waals surface area contributed by atoms with Gasteiger partial charge in [0.05, 0.1) is 9.79 Å². The molecular formula is C22H22F2N2O5S2. The average Bonchev–Trinajstić information content (AvgIpc) is 2.76. The number of halogens is 2. The summed E-state index contributed by atoms with van der Waals surface area (Å²) in [5.41, 5.74) is 1.34. The lowest BCUT2D eigenvalue weighted by atomic mass is 10.0. The fourth-order valence-corrected chi connectivity index (χ4v) is 4.97. The van der Waals surface area contributed by atoms with Gasteiger partial charge in [0.2, 0.25) is 10.0 Å². The van der Waals surface area contributed by atoms with Gasteiger partial charge in [-0.1, -0.05) is 30.3 Å². The molecule has 0 unspecified atom stereocenters. The SMILES string of the molecule is CN(C)S(=O)(=O)c1ccc(S(=O)(=O)Nc2ccc(OC(F)F)c(Cc3ccccc3)c2)cc1. The Morgan fingerprint density at radius 3 is 2.06 bits per heavy atom. The zero-order chi connectivity index (χ0) is 24.2. The minimum atomic E-state index is -4.07. The van der Waals surface area contributed by atoms with E-state index in [4.69, 9.17) is 0 Å². The van der Waals surface area contributed by atoms with E-state index in [0.717, 1.165) is 9.87 Å². The van der Waals surface area contributed by atoms with Crippen LogP contribution in [-0.2, 0) is 26.5 Å². The zero-order valence-electron chi connectivity index (χ0n) is 17.8. The van der Waals surface area contributed by atoms with Gasteiger partial charge in [-0.25, -0.2) is 21.1 Å². The molecule has 0 saturated heterocycles. The summed E-state index contributed by atoms with van der Waals surface area (Å²) < 4.78 is 83.6. The van der Waals surface area contributed by atoms with E-state index in [-0.39, 0.29) is 27.6 Å². The molecule has 0 aliphatic heterocycles. The van der Waals surface area contributed by atoms with Gasteiger partial charge in [0.25, 0.3) is 10.0 Å². The Bertz CT molecular complexity index is 1310. The van der Waals surface area contributed by atoms with E-state index in [9.17, 15) is 25.6 Å². The van der Waals surface area contributed by atoms with Gasteiger partial charge in [-0.15, -0.1) is 0 Å². The summed E-state index contributed by atoms with van der Waals surface area (Å²) in [6, 6.07) is 17.8. The molecule has 0 atom stereocenters. The van der Waals surface area contributed by atoms with Gasteiger partial charge >= 0.3 is 6.61 Å². The summed E-state index contributed by atoms with van der Waals surface area (Å²) in [5.74, 6) is -0.0601. The highest BCUT2D eigenvalue weighted by Gasteiger charge is 2.20. The van der Waals surface area contributed by atoms with Crippen molar-refractivity contribution in [3.05, 3.63) is 83.9 Å². The number of rotatable bonds is 9. The minimum absolute atomic E-state index is 0.0508. The molecule has 7 nitrogen and oxygen atoms in total. The molecule has 0 amide bonds. The molecule has 33 heavy (non-hydrogen) atoms. The Hall–Kier alpha value is -3.02. The molecule has 3 aromatic carbocycles.